The molecule has 136 valence electrons. The quantitative estimate of drug-likeness (QED) is 0.729. The van der Waals surface area contributed by atoms with Crippen LogP contribution in [0.5, 0.6) is 0 Å². The first kappa shape index (κ1) is 17.0. The molecule has 7 heteroatoms. The van der Waals surface area contributed by atoms with Crippen molar-refractivity contribution in [3.05, 3.63) is 66.0 Å². The van der Waals surface area contributed by atoms with Crippen molar-refractivity contribution in [2.75, 3.05) is 10.6 Å². The van der Waals surface area contributed by atoms with Gasteiger partial charge in [-0.05, 0) is 43.2 Å². The average Bonchev–Trinajstić information content (AvgIpc) is 3.40. The van der Waals surface area contributed by atoms with Gasteiger partial charge in [-0.2, -0.15) is 0 Å². The van der Waals surface area contributed by atoms with Crippen molar-refractivity contribution in [1.29, 1.82) is 0 Å². The van der Waals surface area contributed by atoms with E-state index in [4.69, 9.17) is 0 Å². The third-order valence-corrected chi connectivity index (χ3v) is 4.33. The number of nitrogens with one attached hydrogen (secondary N) is 2. The second kappa shape index (κ2) is 7.03. The molecule has 2 amide bonds. The van der Waals surface area contributed by atoms with E-state index < -0.39 is 0 Å². The van der Waals surface area contributed by atoms with Crippen LogP contribution in [0.25, 0.3) is 5.69 Å². The number of rotatable bonds is 5. The molecule has 4 rings (SSSR count). The Kier molecular flexibility index (Phi) is 4.42. The number of carbonyl (C=O) groups is 2. The van der Waals surface area contributed by atoms with E-state index in [-0.39, 0.29) is 11.8 Å². The van der Waals surface area contributed by atoms with Crippen molar-refractivity contribution >= 4 is 23.2 Å². The number of hydrogen-bond donors (Lipinski definition) is 2. The van der Waals surface area contributed by atoms with E-state index in [2.05, 4.69) is 20.9 Å². The molecule has 1 heterocycles. The van der Waals surface area contributed by atoms with Crippen LogP contribution in [0.3, 0.4) is 0 Å². The van der Waals surface area contributed by atoms with Gasteiger partial charge >= 0.3 is 0 Å². The summed E-state index contributed by atoms with van der Waals surface area (Å²) in [6.45, 7) is 1.44. The highest BCUT2D eigenvalue weighted by molar-refractivity contribution is 6.04. The SMILES string of the molecule is CC(=O)Nc1cccc(NC(=O)c2nnn(-c3ccccc3)c2C2CC2)c1. The summed E-state index contributed by atoms with van der Waals surface area (Å²) in [5, 5.41) is 13.9. The van der Waals surface area contributed by atoms with E-state index in [9.17, 15) is 9.59 Å². The number of nitrogens with zero attached hydrogens (tertiary/aromatic N) is 3. The standard InChI is InChI=1S/C20H19N5O2/c1-13(26)21-15-6-5-7-16(12-15)22-20(27)18-19(14-10-11-14)25(24-23-18)17-8-3-2-4-9-17/h2-9,12,14H,10-11H2,1H3,(H,21,26)(H,22,27). The van der Waals surface area contributed by atoms with Gasteiger partial charge in [0.2, 0.25) is 5.91 Å². The topological polar surface area (TPSA) is 88.9 Å². The second-order valence-electron chi connectivity index (χ2n) is 6.56. The van der Waals surface area contributed by atoms with E-state index in [0.717, 1.165) is 24.2 Å². The largest absolute Gasteiger partial charge is 0.326 e. The van der Waals surface area contributed by atoms with Gasteiger partial charge in [-0.1, -0.05) is 29.5 Å². The van der Waals surface area contributed by atoms with E-state index in [1.807, 2.05) is 30.3 Å². The average molecular weight is 361 g/mol. The smallest absolute Gasteiger partial charge is 0.278 e. The fourth-order valence-corrected chi connectivity index (χ4v) is 3.00. The molecular weight excluding hydrogens is 342 g/mol. The number of benzene rings is 2. The lowest BCUT2D eigenvalue weighted by Crippen LogP contribution is -2.15. The van der Waals surface area contributed by atoms with Crippen LogP contribution in [0.15, 0.2) is 54.6 Å². The lowest BCUT2D eigenvalue weighted by molar-refractivity contribution is -0.114. The van der Waals surface area contributed by atoms with E-state index in [0.29, 0.717) is 23.0 Å². The van der Waals surface area contributed by atoms with E-state index >= 15 is 0 Å². The summed E-state index contributed by atoms with van der Waals surface area (Å²) in [7, 11) is 0. The molecule has 0 unspecified atom stereocenters. The molecule has 0 atom stereocenters. The van der Waals surface area contributed by atoms with E-state index in [1.54, 1.807) is 28.9 Å². The molecule has 2 aromatic carbocycles. The fourth-order valence-electron chi connectivity index (χ4n) is 3.00. The zero-order valence-electron chi connectivity index (χ0n) is 14.8. The van der Waals surface area contributed by atoms with Crippen LogP contribution in [-0.2, 0) is 4.79 Å². The van der Waals surface area contributed by atoms with Crippen LogP contribution in [0.1, 0.15) is 41.9 Å². The number of para-hydroxylation sites is 1. The van der Waals surface area contributed by atoms with Crippen molar-refractivity contribution in [2.24, 2.45) is 0 Å². The molecule has 1 aliphatic rings. The van der Waals surface area contributed by atoms with Crippen LogP contribution in [0.4, 0.5) is 11.4 Å². The molecule has 7 nitrogen and oxygen atoms in total. The summed E-state index contributed by atoms with van der Waals surface area (Å²) in [5.74, 6) is -0.175. The summed E-state index contributed by atoms with van der Waals surface area (Å²) in [4.78, 5) is 24.0. The molecule has 1 aliphatic carbocycles. The summed E-state index contributed by atoms with van der Waals surface area (Å²) in [6, 6.07) is 16.7. The first-order chi connectivity index (χ1) is 13.1. The summed E-state index contributed by atoms with van der Waals surface area (Å²) in [6.07, 6.45) is 2.05. The lowest BCUT2D eigenvalue weighted by Gasteiger charge is -2.09. The Morgan fingerprint density at radius 1 is 1.00 bits per heavy atom. The number of carbonyl (C=O) groups excluding carboxylic acids is 2. The van der Waals surface area contributed by atoms with Gasteiger partial charge < -0.3 is 10.6 Å². The Balaban J connectivity index is 1.61. The van der Waals surface area contributed by atoms with Crippen molar-refractivity contribution in [3.63, 3.8) is 0 Å². The molecule has 0 bridgehead atoms. The van der Waals surface area contributed by atoms with Gasteiger partial charge in [0, 0.05) is 24.2 Å². The molecule has 2 N–H and O–H groups in total. The maximum atomic E-state index is 12.8. The van der Waals surface area contributed by atoms with Gasteiger partial charge in [-0.3, -0.25) is 9.59 Å². The summed E-state index contributed by atoms with van der Waals surface area (Å²) >= 11 is 0. The molecule has 27 heavy (non-hydrogen) atoms. The molecule has 0 radical (unpaired) electrons. The molecule has 0 saturated heterocycles. The third kappa shape index (κ3) is 3.72. The predicted molar refractivity (Wildman–Crippen MR) is 102 cm³/mol. The minimum absolute atomic E-state index is 0.166. The number of hydrogen-bond acceptors (Lipinski definition) is 4. The molecule has 0 spiro atoms. The Morgan fingerprint density at radius 2 is 1.70 bits per heavy atom. The Hall–Kier alpha value is -3.48. The first-order valence-electron chi connectivity index (χ1n) is 8.82. The highest BCUT2D eigenvalue weighted by Crippen LogP contribution is 2.42. The minimum atomic E-state index is -0.306. The van der Waals surface area contributed by atoms with Crippen molar-refractivity contribution in [3.8, 4) is 5.69 Å². The molecule has 1 aromatic heterocycles. The Bertz CT molecular complexity index is 993. The predicted octanol–water partition coefficient (Wildman–Crippen LogP) is 3.36. The monoisotopic (exact) mass is 361 g/mol. The van der Waals surface area contributed by atoms with Crippen LogP contribution >= 0.6 is 0 Å². The minimum Gasteiger partial charge on any atom is -0.326 e. The van der Waals surface area contributed by atoms with Crippen molar-refractivity contribution in [2.45, 2.75) is 25.7 Å². The van der Waals surface area contributed by atoms with Gasteiger partial charge in [0.15, 0.2) is 5.69 Å². The molecule has 1 fully saturated rings. The van der Waals surface area contributed by atoms with E-state index in [1.165, 1.54) is 6.92 Å². The number of amides is 2. The normalized spacial score (nSPS) is 13.2. The van der Waals surface area contributed by atoms with Crippen LogP contribution < -0.4 is 10.6 Å². The fraction of sp³-hybridized carbons (Fsp3) is 0.200. The maximum Gasteiger partial charge on any atom is 0.278 e. The van der Waals surface area contributed by atoms with Gasteiger partial charge in [-0.15, -0.1) is 5.10 Å². The van der Waals surface area contributed by atoms with Gasteiger partial charge in [-0.25, -0.2) is 4.68 Å². The van der Waals surface area contributed by atoms with Crippen molar-refractivity contribution in [1.82, 2.24) is 15.0 Å². The first-order valence-corrected chi connectivity index (χ1v) is 8.82. The van der Waals surface area contributed by atoms with Crippen LogP contribution in [0.2, 0.25) is 0 Å². The van der Waals surface area contributed by atoms with Crippen LogP contribution in [-0.4, -0.2) is 26.8 Å². The Labute approximate surface area is 156 Å². The van der Waals surface area contributed by atoms with Gasteiger partial charge in [0.05, 0.1) is 11.4 Å². The number of anilines is 2. The highest BCUT2D eigenvalue weighted by Gasteiger charge is 2.34. The van der Waals surface area contributed by atoms with Crippen LogP contribution in [0, 0.1) is 0 Å². The highest BCUT2D eigenvalue weighted by atomic mass is 16.2. The zero-order chi connectivity index (χ0) is 18.8. The zero-order valence-corrected chi connectivity index (χ0v) is 14.8. The molecular formula is C20H19N5O2. The summed E-state index contributed by atoms with van der Waals surface area (Å²) < 4.78 is 1.75. The van der Waals surface area contributed by atoms with Gasteiger partial charge in [0.1, 0.15) is 0 Å². The lowest BCUT2D eigenvalue weighted by atomic mass is 10.2. The van der Waals surface area contributed by atoms with Gasteiger partial charge in [0.25, 0.3) is 5.91 Å². The maximum absolute atomic E-state index is 12.8. The molecule has 3 aromatic rings. The third-order valence-electron chi connectivity index (χ3n) is 4.33. The Morgan fingerprint density at radius 3 is 2.37 bits per heavy atom. The molecule has 1 saturated carbocycles. The van der Waals surface area contributed by atoms with Crippen molar-refractivity contribution < 1.29 is 9.59 Å². The number of aromatic nitrogens is 3. The summed E-state index contributed by atoms with van der Waals surface area (Å²) in [5.41, 5.74) is 3.28. The molecule has 0 aliphatic heterocycles. The second-order valence-corrected chi connectivity index (χ2v) is 6.56.